The molecular formula is C29H35N3O2S. The predicted molar refractivity (Wildman–Crippen MR) is 139 cm³/mol. The Morgan fingerprint density at radius 1 is 1.09 bits per heavy atom. The van der Waals surface area contributed by atoms with E-state index in [9.17, 15) is 9.59 Å². The lowest BCUT2D eigenvalue weighted by molar-refractivity contribution is -0.133. The van der Waals surface area contributed by atoms with E-state index in [0.717, 1.165) is 49.0 Å². The minimum absolute atomic E-state index is 0.00165. The van der Waals surface area contributed by atoms with Gasteiger partial charge in [-0.15, -0.1) is 17.9 Å². The summed E-state index contributed by atoms with van der Waals surface area (Å²) < 4.78 is 0. The van der Waals surface area contributed by atoms with Crippen molar-refractivity contribution in [3.05, 3.63) is 70.4 Å². The summed E-state index contributed by atoms with van der Waals surface area (Å²) in [6.45, 7) is 4.99. The number of nitrogens with zero attached hydrogens (tertiary/aromatic N) is 2. The average molecular weight is 490 g/mol. The fourth-order valence-corrected chi connectivity index (χ4v) is 8.68. The lowest BCUT2D eigenvalue weighted by Crippen LogP contribution is -2.62. The molecule has 4 fully saturated rings. The summed E-state index contributed by atoms with van der Waals surface area (Å²) in [5.41, 5.74) is 2.26. The smallest absolute Gasteiger partial charge is 0.318 e. The molecule has 0 saturated heterocycles. The maximum absolute atomic E-state index is 13.7. The number of amides is 3. The van der Waals surface area contributed by atoms with E-state index in [2.05, 4.69) is 35.5 Å². The zero-order chi connectivity index (χ0) is 24.0. The Balaban J connectivity index is 1.20. The largest absolute Gasteiger partial charge is 0.333 e. The zero-order valence-corrected chi connectivity index (χ0v) is 21.1. The van der Waals surface area contributed by atoms with Gasteiger partial charge in [-0.1, -0.05) is 36.4 Å². The van der Waals surface area contributed by atoms with Gasteiger partial charge < -0.3 is 15.1 Å². The summed E-state index contributed by atoms with van der Waals surface area (Å²) >= 11 is 1.77. The molecule has 1 aromatic heterocycles. The average Bonchev–Trinajstić information content (AvgIpc) is 3.31. The topological polar surface area (TPSA) is 52.7 Å². The van der Waals surface area contributed by atoms with Crippen molar-refractivity contribution >= 4 is 23.3 Å². The quantitative estimate of drug-likeness (QED) is 0.553. The zero-order valence-electron chi connectivity index (χ0n) is 20.3. The van der Waals surface area contributed by atoms with Crippen molar-refractivity contribution in [1.82, 2.24) is 15.1 Å². The first kappa shape index (κ1) is 22.8. The van der Waals surface area contributed by atoms with Crippen molar-refractivity contribution in [2.45, 2.75) is 56.5 Å². The Labute approximate surface area is 212 Å². The second-order valence-corrected chi connectivity index (χ2v) is 12.2. The van der Waals surface area contributed by atoms with Gasteiger partial charge in [0.05, 0.1) is 6.04 Å². The summed E-state index contributed by atoms with van der Waals surface area (Å²) in [6, 6.07) is 12.2. The highest BCUT2D eigenvalue weighted by Gasteiger charge is 2.52. The fraction of sp³-hybridized carbons (Fsp3) is 0.517. The number of rotatable bonds is 6. The van der Waals surface area contributed by atoms with Gasteiger partial charge >= 0.3 is 6.03 Å². The summed E-state index contributed by atoms with van der Waals surface area (Å²) in [4.78, 5) is 32.3. The van der Waals surface area contributed by atoms with E-state index < -0.39 is 0 Å². The second-order valence-electron chi connectivity index (χ2n) is 11.2. The summed E-state index contributed by atoms with van der Waals surface area (Å²) in [5.74, 6) is 2.28. The molecule has 2 heterocycles. The highest BCUT2D eigenvalue weighted by Crippen LogP contribution is 2.55. The number of carbonyl (C=O) groups excluding carboxylic acids is 2. The van der Waals surface area contributed by atoms with Crippen molar-refractivity contribution in [2.24, 2.45) is 17.8 Å². The van der Waals surface area contributed by atoms with E-state index in [0.29, 0.717) is 13.1 Å². The van der Waals surface area contributed by atoms with Crippen LogP contribution >= 0.6 is 11.3 Å². The van der Waals surface area contributed by atoms with Crippen LogP contribution in [-0.4, -0.2) is 46.9 Å². The molecule has 1 aromatic carbocycles. The number of thiophene rings is 1. The van der Waals surface area contributed by atoms with Crippen LogP contribution in [0.3, 0.4) is 0 Å². The van der Waals surface area contributed by atoms with E-state index in [1.165, 1.54) is 29.7 Å². The molecule has 3 amide bonds. The summed E-state index contributed by atoms with van der Waals surface area (Å²) in [5, 5.41) is 5.56. The number of fused-ring (bicyclic) bond motifs is 1. The maximum Gasteiger partial charge on any atom is 0.318 e. The third kappa shape index (κ3) is 4.31. The fourth-order valence-electron chi connectivity index (χ4n) is 7.78. The van der Waals surface area contributed by atoms with Gasteiger partial charge in [0.2, 0.25) is 5.91 Å². The van der Waals surface area contributed by atoms with Gasteiger partial charge in [-0.05, 0) is 85.3 Å². The molecule has 2 aromatic rings. The molecule has 0 spiro atoms. The van der Waals surface area contributed by atoms with Crippen molar-refractivity contribution in [1.29, 1.82) is 0 Å². The Morgan fingerprint density at radius 2 is 1.77 bits per heavy atom. The lowest BCUT2D eigenvalue weighted by atomic mass is 9.53. The van der Waals surface area contributed by atoms with Crippen LogP contribution in [-0.2, 0) is 11.2 Å². The predicted octanol–water partition coefficient (Wildman–Crippen LogP) is 5.39. The van der Waals surface area contributed by atoms with Crippen molar-refractivity contribution in [3.8, 4) is 0 Å². The van der Waals surface area contributed by atoms with Crippen molar-refractivity contribution in [2.75, 3.05) is 19.6 Å². The Morgan fingerprint density at radius 3 is 2.43 bits per heavy atom. The van der Waals surface area contributed by atoms with Gasteiger partial charge in [0.1, 0.15) is 6.54 Å². The molecule has 0 radical (unpaired) electrons. The Bertz CT molecular complexity index is 1070. The number of hydrogen-bond donors (Lipinski definition) is 1. The van der Waals surface area contributed by atoms with Crippen LogP contribution < -0.4 is 5.32 Å². The molecule has 1 atom stereocenters. The van der Waals surface area contributed by atoms with E-state index in [4.69, 9.17) is 0 Å². The van der Waals surface area contributed by atoms with Crippen LogP contribution in [0.2, 0.25) is 0 Å². The molecule has 1 N–H and O–H groups in total. The number of urea groups is 1. The van der Waals surface area contributed by atoms with Gasteiger partial charge in [-0.2, -0.15) is 0 Å². The van der Waals surface area contributed by atoms with Crippen molar-refractivity contribution in [3.63, 3.8) is 0 Å². The number of benzene rings is 1. The minimum atomic E-state index is -0.107. The van der Waals surface area contributed by atoms with Crippen LogP contribution in [0.15, 0.2) is 54.4 Å². The van der Waals surface area contributed by atoms with E-state index in [1.807, 2.05) is 23.1 Å². The molecule has 1 aliphatic heterocycles. The van der Waals surface area contributed by atoms with Crippen LogP contribution in [0.4, 0.5) is 4.79 Å². The molecule has 6 heteroatoms. The summed E-state index contributed by atoms with van der Waals surface area (Å²) in [6.07, 6.45) is 9.91. The second kappa shape index (κ2) is 9.12. The number of nitrogens with one attached hydrogen (secondary N) is 1. The molecule has 184 valence electrons. The Hall–Kier alpha value is -2.60. The van der Waals surface area contributed by atoms with Gasteiger partial charge in [-0.25, -0.2) is 4.79 Å². The third-order valence-corrected chi connectivity index (χ3v) is 9.77. The first-order valence-electron chi connectivity index (χ1n) is 13.1. The highest BCUT2D eigenvalue weighted by atomic mass is 32.1. The molecule has 4 bridgehead atoms. The molecular weight excluding hydrogens is 454 g/mol. The standard InChI is InChI=1S/C29H35N3O2S/c1-2-10-31(28(34)30-29-16-20-13-21(17-29)15-22(14-20)18-29)19-26(33)32-11-8-25-24(9-12-35-25)27(32)23-6-4-3-5-7-23/h2-7,9,12,20-22,27H,1,8,10-11,13-19H2,(H,30,34). The highest BCUT2D eigenvalue weighted by molar-refractivity contribution is 7.10. The molecule has 1 unspecified atom stereocenters. The first-order chi connectivity index (χ1) is 17.0. The van der Waals surface area contributed by atoms with Gasteiger partial charge in [-0.3, -0.25) is 4.79 Å². The van der Waals surface area contributed by atoms with Gasteiger partial charge in [0, 0.05) is 23.5 Å². The van der Waals surface area contributed by atoms with Crippen molar-refractivity contribution < 1.29 is 9.59 Å². The third-order valence-electron chi connectivity index (χ3n) is 8.77. The number of carbonyl (C=O) groups is 2. The lowest BCUT2D eigenvalue weighted by Gasteiger charge is -2.57. The van der Waals surface area contributed by atoms with Crippen LogP contribution in [0.25, 0.3) is 0 Å². The molecule has 35 heavy (non-hydrogen) atoms. The van der Waals surface area contributed by atoms with Crippen LogP contribution in [0.1, 0.15) is 60.6 Å². The van der Waals surface area contributed by atoms with Crippen LogP contribution in [0, 0.1) is 17.8 Å². The minimum Gasteiger partial charge on any atom is -0.333 e. The maximum atomic E-state index is 13.7. The first-order valence-corrected chi connectivity index (χ1v) is 14.0. The van der Waals surface area contributed by atoms with E-state index >= 15 is 0 Å². The molecule has 4 saturated carbocycles. The van der Waals surface area contributed by atoms with Crippen LogP contribution in [0.5, 0.6) is 0 Å². The SMILES string of the molecule is C=CCN(CC(=O)N1CCc2sccc2C1c1ccccc1)C(=O)NC12CC3CC(CC(C3)C1)C2. The molecule has 5 nitrogen and oxygen atoms in total. The van der Waals surface area contributed by atoms with Gasteiger partial charge in [0.25, 0.3) is 0 Å². The molecule has 4 aliphatic carbocycles. The van der Waals surface area contributed by atoms with Gasteiger partial charge in [0.15, 0.2) is 0 Å². The monoisotopic (exact) mass is 489 g/mol. The van der Waals surface area contributed by atoms with E-state index in [1.54, 1.807) is 22.3 Å². The molecule has 7 rings (SSSR count). The summed E-state index contributed by atoms with van der Waals surface area (Å²) in [7, 11) is 0. The Kier molecular flexibility index (Phi) is 5.95. The number of hydrogen-bond acceptors (Lipinski definition) is 3. The van der Waals surface area contributed by atoms with E-state index in [-0.39, 0.29) is 30.1 Å². The molecule has 5 aliphatic rings. The normalized spacial score (nSPS) is 30.6.